The SMILES string of the molecule is C=C[14CH2]O[C](C=C)c1ccn[14cH]c1. The van der Waals surface area contributed by atoms with Gasteiger partial charge < -0.3 is 4.74 Å². The summed E-state index contributed by atoms with van der Waals surface area (Å²) in [5, 5.41) is 0. The highest BCUT2D eigenvalue weighted by Crippen LogP contribution is 2.15. The molecular formula is C11H12NO. The molecule has 1 rings (SSSR count). The van der Waals surface area contributed by atoms with Gasteiger partial charge in [0.2, 0.25) is 0 Å². The molecule has 0 fully saturated rings. The van der Waals surface area contributed by atoms with E-state index in [1.165, 1.54) is 0 Å². The van der Waals surface area contributed by atoms with Gasteiger partial charge in [-0.05, 0) is 17.7 Å². The first-order valence-corrected chi connectivity index (χ1v) is 4.02. The zero-order chi connectivity index (χ0) is 9.52. The van der Waals surface area contributed by atoms with E-state index in [0.29, 0.717) is 6.61 Å². The molecule has 0 aliphatic rings. The third-order valence-electron chi connectivity index (χ3n) is 1.51. The van der Waals surface area contributed by atoms with E-state index in [1.54, 1.807) is 24.5 Å². The minimum Gasteiger partial charge on any atom is -0.358 e. The Balaban J connectivity index is 2.66. The summed E-state index contributed by atoms with van der Waals surface area (Å²) in [5.74, 6) is 0. The second kappa shape index (κ2) is 5.27. The van der Waals surface area contributed by atoms with Gasteiger partial charge in [0, 0.05) is 12.4 Å². The highest BCUT2D eigenvalue weighted by Gasteiger charge is 2.06. The Hall–Kier alpha value is -1.41. The number of nitrogens with zero attached hydrogens (tertiary/aromatic N) is 1. The van der Waals surface area contributed by atoms with Crippen molar-refractivity contribution in [1.29, 1.82) is 0 Å². The Morgan fingerprint density at radius 2 is 2.46 bits per heavy atom. The highest BCUT2D eigenvalue weighted by molar-refractivity contribution is 5.30. The van der Waals surface area contributed by atoms with Crippen LogP contribution in [0.25, 0.3) is 0 Å². The molecule has 1 heterocycles. The monoisotopic (exact) mass is 178 g/mol. The number of ether oxygens (including phenoxy) is 1. The maximum Gasteiger partial charge on any atom is 0.148 e. The maximum atomic E-state index is 5.38. The molecule has 2 nitrogen and oxygen atoms in total. The van der Waals surface area contributed by atoms with Crippen LogP contribution in [0.15, 0.2) is 49.8 Å². The average Bonchev–Trinajstić information content (AvgIpc) is 2.21. The molecule has 0 saturated carbocycles. The minimum atomic E-state index is 0.490. The first kappa shape index (κ1) is 9.68. The number of hydrogen-bond donors (Lipinski definition) is 0. The van der Waals surface area contributed by atoms with E-state index in [0.717, 1.165) is 11.7 Å². The van der Waals surface area contributed by atoms with Gasteiger partial charge in [0.05, 0.1) is 6.61 Å². The fraction of sp³-hybridized carbons (Fsp3) is 0.0909. The van der Waals surface area contributed by atoms with E-state index in [2.05, 4.69) is 18.1 Å². The van der Waals surface area contributed by atoms with E-state index in [4.69, 9.17) is 4.74 Å². The second-order valence-electron chi connectivity index (χ2n) is 2.40. The molecule has 67 valence electrons. The zero-order valence-electron chi connectivity index (χ0n) is 7.44. The van der Waals surface area contributed by atoms with Crippen LogP contribution < -0.4 is 0 Å². The molecule has 1 radical (unpaired) electrons. The van der Waals surface area contributed by atoms with E-state index in [-0.39, 0.29) is 0 Å². The topological polar surface area (TPSA) is 22.1 Å². The molecule has 0 aromatic carbocycles. The fourth-order valence-electron chi connectivity index (χ4n) is 0.925. The Labute approximate surface area is 78.6 Å². The summed E-state index contributed by atoms with van der Waals surface area (Å²) in [6.45, 7) is 7.74. The molecule has 0 N–H and O–H groups in total. The van der Waals surface area contributed by atoms with Crippen LogP contribution in [0.3, 0.4) is 0 Å². The Morgan fingerprint density at radius 3 is 3.00 bits per heavy atom. The van der Waals surface area contributed by atoms with Crippen molar-refractivity contribution in [3.05, 3.63) is 61.5 Å². The molecular weight excluding hydrogens is 166 g/mol. The second-order valence-corrected chi connectivity index (χ2v) is 2.40. The molecule has 1 aromatic rings. The molecule has 0 aliphatic heterocycles. The molecule has 0 amide bonds. The zero-order valence-corrected chi connectivity index (χ0v) is 7.44. The molecule has 0 bridgehead atoms. The van der Waals surface area contributed by atoms with Crippen molar-refractivity contribution in [2.45, 2.75) is 0 Å². The summed E-state index contributed by atoms with van der Waals surface area (Å²) >= 11 is 0. The minimum absolute atomic E-state index is 0.490. The predicted octanol–water partition coefficient (Wildman–Crippen LogP) is 2.35. The van der Waals surface area contributed by atoms with Gasteiger partial charge in [0.15, 0.2) is 0 Å². The van der Waals surface area contributed by atoms with Gasteiger partial charge in [-0.15, -0.1) is 6.58 Å². The lowest BCUT2D eigenvalue weighted by Gasteiger charge is -2.10. The van der Waals surface area contributed by atoms with Crippen molar-refractivity contribution in [3.8, 4) is 0 Å². The third kappa shape index (κ3) is 2.84. The molecule has 1 aromatic heterocycles. The molecule has 0 unspecified atom stereocenters. The lowest BCUT2D eigenvalue weighted by molar-refractivity contribution is 0.212. The largest absolute Gasteiger partial charge is 0.358 e. The third-order valence-corrected chi connectivity index (χ3v) is 1.51. The van der Waals surface area contributed by atoms with Crippen molar-refractivity contribution < 1.29 is 4.74 Å². The van der Waals surface area contributed by atoms with Gasteiger partial charge in [-0.1, -0.05) is 18.7 Å². The number of aromatic nitrogens is 1. The van der Waals surface area contributed by atoms with E-state index < -0.39 is 0 Å². The Morgan fingerprint density at radius 1 is 1.62 bits per heavy atom. The van der Waals surface area contributed by atoms with Crippen molar-refractivity contribution in [2.75, 3.05) is 6.61 Å². The van der Waals surface area contributed by atoms with E-state index in [1.807, 2.05) is 12.1 Å². The van der Waals surface area contributed by atoms with Crippen LogP contribution in [-0.4, -0.2) is 11.6 Å². The van der Waals surface area contributed by atoms with Crippen LogP contribution in [-0.2, 0) is 4.74 Å². The highest BCUT2D eigenvalue weighted by atomic mass is 16.7. The van der Waals surface area contributed by atoms with Crippen LogP contribution in [0.4, 0.5) is 0 Å². The average molecular weight is 178 g/mol. The van der Waals surface area contributed by atoms with Crippen molar-refractivity contribution in [3.63, 3.8) is 0 Å². The van der Waals surface area contributed by atoms with Crippen LogP contribution in [0.5, 0.6) is 0 Å². The van der Waals surface area contributed by atoms with Crippen molar-refractivity contribution in [1.82, 2.24) is 4.98 Å². The number of rotatable bonds is 5. The van der Waals surface area contributed by atoms with Crippen LogP contribution in [0.2, 0.25) is 0 Å². The quantitative estimate of drug-likeness (QED) is 0.646. The lowest BCUT2D eigenvalue weighted by Crippen LogP contribution is -2.02. The van der Waals surface area contributed by atoms with Gasteiger partial charge in [-0.3, -0.25) is 4.98 Å². The van der Waals surface area contributed by atoms with Gasteiger partial charge in [0.25, 0.3) is 0 Å². The van der Waals surface area contributed by atoms with E-state index >= 15 is 0 Å². The molecule has 0 aliphatic carbocycles. The van der Waals surface area contributed by atoms with E-state index in [9.17, 15) is 0 Å². The normalized spacial score (nSPS) is 9.92. The van der Waals surface area contributed by atoms with Gasteiger partial charge in [-0.2, -0.15) is 0 Å². The summed E-state index contributed by atoms with van der Waals surface area (Å²) in [7, 11) is 0. The summed E-state index contributed by atoms with van der Waals surface area (Å²) in [5.41, 5.74) is 0.979. The first-order chi connectivity index (χ1) is 6.38. The first-order valence-electron chi connectivity index (χ1n) is 4.02. The van der Waals surface area contributed by atoms with Crippen molar-refractivity contribution >= 4 is 0 Å². The smallest absolute Gasteiger partial charge is 0.148 e. The summed E-state index contributed by atoms with van der Waals surface area (Å²) in [6.07, 6.45) is 7.57. The molecule has 0 saturated heterocycles. The van der Waals surface area contributed by atoms with Crippen molar-refractivity contribution in [2.24, 2.45) is 0 Å². The molecule has 0 spiro atoms. The number of hydrogen-bond acceptors (Lipinski definition) is 2. The van der Waals surface area contributed by atoms with Gasteiger partial charge in [0.1, 0.15) is 6.10 Å². The molecule has 13 heavy (non-hydrogen) atoms. The van der Waals surface area contributed by atoms with Gasteiger partial charge >= 0.3 is 0 Å². The summed E-state index contributed by atoms with van der Waals surface area (Å²) in [6, 6.07) is 3.75. The van der Waals surface area contributed by atoms with Crippen LogP contribution >= 0.6 is 0 Å². The fourth-order valence-corrected chi connectivity index (χ4v) is 0.925. The Bertz CT molecular complexity index is 269. The predicted molar refractivity (Wildman–Crippen MR) is 52.9 cm³/mol. The molecule has 0 atom stereocenters. The standard InChI is InChI=1S/C11H12NO/c1-3-9-13-11(4-2)10-5-7-12-8-6-10/h3-8H,1-2,9H2/i7+2,9+2. The van der Waals surface area contributed by atoms with Gasteiger partial charge in [-0.25, -0.2) is 0 Å². The Kier molecular flexibility index (Phi) is 3.93. The van der Waals surface area contributed by atoms with Crippen LogP contribution in [0, 0.1) is 6.10 Å². The maximum absolute atomic E-state index is 5.38. The lowest BCUT2D eigenvalue weighted by atomic mass is 10.2. The molecule has 2 heteroatoms. The summed E-state index contributed by atoms with van der Waals surface area (Å²) < 4.78 is 5.38. The summed E-state index contributed by atoms with van der Waals surface area (Å²) in [4.78, 5) is 3.92. The van der Waals surface area contributed by atoms with Crippen LogP contribution in [0.1, 0.15) is 5.56 Å². The number of pyridine rings is 1.